The SMILES string of the molecule is C[C@H]1COc2c(N3CCN(C)CC3)c(F)cc3c(=O)c(C(=O)[O-])cn1c23.C[C@H]1COc2c(N3CCN(C)CC3)c(F)cc3c(=O)c(C(=O)[O-])cn1c23.O.O.[OH3+].[OH3+].[Zn+2]. The van der Waals surface area contributed by atoms with E-state index in [1.165, 1.54) is 12.4 Å². The Kier molecular flexibility index (Phi) is 15.8. The third kappa shape index (κ3) is 8.45. The third-order valence-corrected chi connectivity index (χ3v) is 10.4. The molecule has 4 aliphatic rings. The summed E-state index contributed by atoms with van der Waals surface area (Å²) in [4.78, 5) is 55.8. The fraction of sp³-hybridized carbons (Fsp3) is 0.444. The molecule has 2 atom stereocenters. The number of anilines is 2. The molecular formula is C36H48F2N6O12Zn+2. The fourth-order valence-electron chi connectivity index (χ4n) is 7.36. The van der Waals surface area contributed by atoms with Crippen molar-refractivity contribution in [2.75, 3.05) is 89.5 Å². The molecule has 0 amide bonds. The van der Waals surface area contributed by atoms with Gasteiger partial charge in [0, 0.05) is 64.8 Å². The van der Waals surface area contributed by atoms with Crippen LogP contribution in [-0.4, -0.2) is 121 Å². The minimum absolute atomic E-state index is 0. The number of hydrogen-bond acceptors (Lipinski definition) is 12. The van der Waals surface area contributed by atoms with E-state index < -0.39 is 45.6 Å². The van der Waals surface area contributed by atoms with Gasteiger partial charge < -0.3 is 79.9 Å². The van der Waals surface area contributed by atoms with Gasteiger partial charge in [-0.25, -0.2) is 8.78 Å². The van der Waals surface area contributed by atoms with Gasteiger partial charge in [0.1, 0.15) is 24.6 Å². The number of benzene rings is 2. The van der Waals surface area contributed by atoms with E-state index in [9.17, 15) is 38.2 Å². The number of rotatable bonds is 4. The molecule has 4 aromatic rings. The predicted molar refractivity (Wildman–Crippen MR) is 202 cm³/mol. The molecule has 308 valence electrons. The van der Waals surface area contributed by atoms with Gasteiger partial charge in [-0.15, -0.1) is 0 Å². The number of aromatic nitrogens is 2. The molecule has 0 bridgehead atoms. The number of pyridine rings is 2. The van der Waals surface area contributed by atoms with Gasteiger partial charge in [-0.2, -0.15) is 0 Å². The molecule has 2 aromatic carbocycles. The zero-order valence-corrected chi connectivity index (χ0v) is 35.1. The maximum absolute atomic E-state index is 15.0. The van der Waals surface area contributed by atoms with E-state index >= 15 is 0 Å². The van der Waals surface area contributed by atoms with Crippen LogP contribution in [0.5, 0.6) is 11.5 Å². The van der Waals surface area contributed by atoms with Crippen LogP contribution in [0.4, 0.5) is 20.2 Å². The molecule has 10 N–H and O–H groups in total. The Balaban J connectivity index is 0.000000362. The number of carboxylic acid groups (broad SMARTS) is 2. The molecule has 8 rings (SSSR count). The molecule has 4 aliphatic heterocycles. The van der Waals surface area contributed by atoms with Crippen molar-refractivity contribution < 1.29 is 79.4 Å². The van der Waals surface area contributed by atoms with Crippen LogP contribution in [-0.2, 0) is 30.4 Å². The number of carbonyl (C=O) groups is 2. The molecule has 57 heavy (non-hydrogen) atoms. The van der Waals surface area contributed by atoms with E-state index in [4.69, 9.17) is 9.47 Å². The summed E-state index contributed by atoms with van der Waals surface area (Å²) in [6.45, 7) is 10.00. The summed E-state index contributed by atoms with van der Waals surface area (Å²) in [7, 11) is 4.02. The van der Waals surface area contributed by atoms with E-state index in [-0.39, 0.29) is 77.5 Å². The smallest absolute Gasteiger partial charge is 0.545 e. The molecule has 2 aromatic heterocycles. The van der Waals surface area contributed by atoms with Crippen molar-refractivity contribution in [1.82, 2.24) is 18.9 Å². The summed E-state index contributed by atoms with van der Waals surface area (Å²) in [5.41, 5.74) is -0.882. The van der Waals surface area contributed by atoms with Crippen LogP contribution in [0.3, 0.4) is 0 Å². The van der Waals surface area contributed by atoms with Gasteiger partial charge in [0.25, 0.3) is 0 Å². The van der Waals surface area contributed by atoms with Crippen molar-refractivity contribution in [3.05, 3.63) is 67.7 Å². The van der Waals surface area contributed by atoms with Crippen molar-refractivity contribution in [3.63, 3.8) is 0 Å². The minimum atomic E-state index is -1.57. The van der Waals surface area contributed by atoms with E-state index in [0.29, 0.717) is 60.1 Å². The number of nitrogens with zero attached hydrogens (tertiary/aromatic N) is 6. The van der Waals surface area contributed by atoms with Gasteiger partial charge in [0.05, 0.1) is 57.0 Å². The van der Waals surface area contributed by atoms with Crippen molar-refractivity contribution in [1.29, 1.82) is 0 Å². The number of carboxylic acids is 2. The van der Waals surface area contributed by atoms with Crippen LogP contribution in [0.1, 0.15) is 46.6 Å². The summed E-state index contributed by atoms with van der Waals surface area (Å²) in [6.07, 6.45) is 2.56. The van der Waals surface area contributed by atoms with Crippen LogP contribution in [0.25, 0.3) is 21.8 Å². The van der Waals surface area contributed by atoms with Crippen LogP contribution < -0.4 is 40.3 Å². The summed E-state index contributed by atoms with van der Waals surface area (Å²) in [6, 6.07) is 1.88. The molecule has 21 heteroatoms. The first-order chi connectivity index (χ1) is 24.8. The van der Waals surface area contributed by atoms with Gasteiger partial charge in [-0.05, 0) is 40.1 Å². The number of piperazine rings is 2. The Morgan fingerprint density at radius 2 is 0.965 bits per heavy atom. The second-order valence-corrected chi connectivity index (χ2v) is 13.9. The monoisotopic (exact) mass is 858 g/mol. The van der Waals surface area contributed by atoms with E-state index in [1.54, 1.807) is 9.13 Å². The maximum Gasteiger partial charge on any atom is 2.00 e. The molecule has 2 fully saturated rings. The van der Waals surface area contributed by atoms with Gasteiger partial charge in [0.2, 0.25) is 0 Å². The standard InChI is InChI=1S/2C18H20FN3O4.4H2O.Zn/c2*1-10-9-26-17-14-11(16(23)12(18(24)25)8-22(10)14)7-13(19)15(17)21-5-3-20(2)4-6-21;;;;;/h2*7-8,10H,3-6,9H2,1-2H3,(H,24,25);4*1H2;/q;;;;;;+2/t2*10-;;;;;/m00...../s1. The molecule has 6 heterocycles. The zero-order valence-electron chi connectivity index (χ0n) is 32.1. The Morgan fingerprint density at radius 3 is 1.26 bits per heavy atom. The van der Waals surface area contributed by atoms with Gasteiger partial charge in [-0.3, -0.25) is 9.59 Å². The van der Waals surface area contributed by atoms with Crippen LogP contribution >= 0.6 is 0 Å². The number of likely N-dealkylation sites (N-methyl/N-ethyl adjacent to an activating group) is 2. The van der Waals surface area contributed by atoms with Crippen LogP contribution in [0.15, 0.2) is 34.1 Å². The minimum Gasteiger partial charge on any atom is -0.545 e. The number of aromatic carboxylic acids is 2. The number of carbonyl (C=O) groups excluding carboxylic acids is 2. The van der Waals surface area contributed by atoms with Crippen LogP contribution in [0.2, 0.25) is 0 Å². The largest absolute Gasteiger partial charge is 2.00 e. The Morgan fingerprint density at radius 1 is 0.649 bits per heavy atom. The van der Waals surface area contributed by atoms with E-state index in [2.05, 4.69) is 9.80 Å². The second kappa shape index (κ2) is 18.7. The molecule has 0 unspecified atom stereocenters. The summed E-state index contributed by atoms with van der Waals surface area (Å²) >= 11 is 0. The first kappa shape index (κ1) is 48.4. The van der Waals surface area contributed by atoms with E-state index in [1.807, 2.05) is 37.7 Å². The molecule has 0 saturated carbocycles. The molecule has 18 nitrogen and oxygen atoms in total. The first-order valence-electron chi connectivity index (χ1n) is 17.1. The summed E-state index contributed by atoms with van der Waals surface area (Å²) < 4.78 is 45.0. The van der Waals surface area contributed by atoms with Crippen molar-refractivity contribution in [2.45, 2.75) is 25.9 Å². The van der Waals surface area contributed by atoms with Crippen LogP contribution in [0, 0.1) is 11.6 Å². The zero-order chi connectivity index (χ0) is 37.2. The van der Waals surface area contributed by atoms with Crippen molar-refractivity contribution in [2.24, 2.45) is 0 Å². The molecule has 0 aliphatic carbocycles. The Labute approximate surface area is 337 Å². The summed E-state index contributed by atoms with van der Waals surface area (Å²) in [5.74, 6) is -3.67. The molecule has 0 spiro atoms. The fourth-order valence-corrected chi connectivity index (χ4v) is 7.36. The Bertz CT molecular complexity index is 2100. The molecule has 2 saturated heterocycles. The third-order valence-electron chi connectivity index (χ3n) is 10.4. The predicted octanol–water partition coefficient (Wildman–Crippen LogP) is -3.08. The van der Waals surface area contributed by atoms with Gasteiger partial charge in [0.15, 0.2) is 34.0 Å². The average Bonchev–Trinajstić information content (AvgIpc) is 3.10. The number of hydrogen-bond donors (Lipinski definition) is 0. The quantitative estimate of drug-likeness (QED) is 0.146. The van der Waals surface area contributed by atoms with Crippen molar-refractivity contribution >= 4 is 45.1 Å². The molecule has 0 radical (unpaired) electrons. The number of ether oxygens (including phenoxy) is 2. The second-order valence-electron chi connectivity index (χ2n) is 13.9. The van der Waals surface area contributed by atoms with Gasteiger partial charge >= 0.3 is 19.5 Å². The topological polar surface area (TPSA) is 285 Å². The maximum atomic E-state index is 15.0. The summed E-state index contributed by atoms with van der Waals surface area (Å²) in [5, 5.41) is 22.6. The Hall–Kier alpha value is -4.76. The molecular weight excluding hydrogens is 812 g/mol. The number of halogens is 2. The first-order valence-corrected chi connectivity index (χ1v) is 17.1. The van der Waals surface area contributed by atoms with Gasteiger partial charge in [-0.1, -0.05) is 0 Å². The van der Waals surface area contributed by atoms with Crippen molar-refractivity contribution in [3.8, 4) is 11.5 Å². The normalized spacial score (nSPS) is 18.5. The van der Waals surface area contributed by atoms with E-state index in [0.717, 1.165) is 38.3 Å². The average molecular weight is 860 g/mol.